The van der Waals surface area contributed by atoms with Crippen molar-refractivity contribution in [2.75, 3.05) is 11.9 Å². The van der Waals surface area contributed by atoms with E-state index in [4.69, 9.17) is 18.0 Å². The first-order valence-corrected chi connectivity index (χ1v) is 6.03. The Labute approximate surface area is 111 Å². The molecule has 0 aromatic carbocycles. The number of nitrogens with one attached hydrogen (secondary N) is 1. The lowest BCUT2D eigenvalue weighted by Gasteiger charge is -2.07. The zero-order valence-electron chi connectivity index (χ0n) is 10.1. The molecule has 0 aliphatic heterocycles. The molecule has 0 saturated carbocycles. The molecule has 0 spiro atoms. The molecule has 0 bridgehead atoms. The molecule has 0 aliphatic rings. The zero-order chi connectivity index (χ0) is 13.0. The van der Waals surface area contributed by atoms with Crippen LogP contribution in [0.15, 0.2) is 30.7 Å². The van der Waals surface area contributed by atoms with E-state index in [0.717, 1.165) is 24.5 Å². The van der Waals surface area contributed by atoms with Gasteiger partial charge in [0.2, 0.25) is 0 Å². The number of hydrogen-bond acceptors (Lipinski definition) is 4. The second-order valence-electron chi connectivity index (χ2n) is 3.93. The molecule has 0 atom stereocenters. The Hall–Kier alpha value is -1.95. The smallest absolute Gasteiger partial charge is 0.122 e. The maximum absolute atomic E-state index is 5.54. The predicted molar refractivity (Wildman–Crippen MR) is 75.5 cm³/mol. The first-order valence-electron chi connectivity index (χ1n) is 5.63. The zero-order valence-corrected chi connectivity index (χ0v) is 10.9. The number of thiocarbonyl (C=S) groups is 1. The molecule has 94 valence electrons. The number of nitrogens with zero attached hydrogens (tertiary/aromatic N) is 3. The summed E-state index contributed by atoms with van der Waals surface area (Å²) >= 11 is 4.89. The van der Waals surface area contributed by atoms with Gasteiger partial charge in [0.1, 0.15) is 10.8 Å². The van der Waals surface area contributed by atoms with E-state index in [1.54, 1.807) is 12.4 Å². The van der Waals surface area contributed by atoms with Gasteiger partial charge in [0, 0.05) is 44.3 Å². The second kappa shape index (κ2) is 5.59. The summed E-state index contributed by atoms with van der Waals surface area (Å²) in [6, 6.07) is 3.74. The molecular formula is C12H15N5S. The van der Waals surface area contributed by atoms with Crippen molar-refractivity contribution in [3.63, 3.8) is 0 Å². The van der Waals surface area contributed by atoms with E-state index in [1.807, 2.05) is 29.9 Å². The van der Waals surface area contributed by atoms with Crippen LogP contribution >= 0.6 is 12.2 Å². The van der Waals surface area contributed by atoms with Crippen LogP contribution in [0.25, 0.3) is 0 Å². The number of hydrogen-bond donors (Lipinski definition) is 2. The van der Waals surface area contributed by atoms with Gasteiger partial charge in [-0.15, -0.1) is 0 Å². The Balaban J connectivity index is 1.92. The number of aryl methyl sites for hydroxylation is 1. The van der Waals surface area contributed by atoms with Crippen molar-refractivity contribution in [3.8, 4) is 0 Å². The van der Waals surface area contributed by atoms with Gasteiger partial charge >= 0.3 is 0 Å². The third kappa shape index (κ3) is 3.04. The Bertz CT molecular complexity index is 549. The van der Waals surface area contributed by atoms with E-state index in [2.05, 4.69) is 15.3 Å². The highest BCUT2D eigenvalue weighted by Crippen LogP contribution is 2.08. The van der Waals surface area contributed by atoms with E-state index >= 15 is 0 Å². The van der Waals surface area contributed by atoms with Crippen molar-refractivity contribution in [1.82, 2.24) is 14.5 Å². The number of anilines is 1. The molecule has 0 unspecified atom stereocenters. The molecular weight excluding hydrogens is 246 g/mol. The van der Waals surface area contributed by atoms with E-state index in [9.17, 15) is 0 Å². The number of rotatable bonds is 5. The highest BCUT2D eigenvalue weighted by Gasteiger charge is 2.01. The summed E-state index contributed by atoms with van der Waals surface area (Å²) in [5.74, 6) is 1.05. The largest absolute Gasteiger partial charge is 0.388 e. The van der Waals surface area contributed by atoms with Crippen molar-refractivity contribution in [1.29, 1.82) is 0 Å². The summed E-state index contributed by atoms with van der Waals surface area (Å²) in [4.78, 5) is 8.66. The maximum Gasteiger partial charge on any atom is 0.122 e. The average Bonchev–Trinajstić information content (AvgIpc) is 2.76. The van der Waals surface area contributed by atoms with Crippen LogP contribution in [-0.4, -0.2) is 26.1 Å². The highest BCUT2D eigenvalue weighted by atomic mass is 32.1. The van der Waals surface area contributed by atoms with Crippen LogP contribution < -0.4 is 11.1 Å². The molecule has 6 heteroatoms. The van der Waals surface area contributed by atoms with Crippen LogP contribution in [0, 0.1) is 0 Å². The lowest BCUT2D eigenvalue weighted by Crippen LogP contribution is -2.13. The Morgan fingerprint density at radius 2 is 2.28 bits per heavy atom. The van der Waals surface area contributed by atoms with Crippen LogP contribution in [0.1, 0.15) is 11.5 Å². The summed E-state index contributed by atoms with van der Waals surface area (Å²) < 4.78 is 2.01. The summed E-state index contributed by atoms with van der Waals surface area (Å²) in [5, 5.41) is 3.30. The van der Waals surface area contributed by atoms with Crippen LogP contribution in [0.3, 0.4) is 0 Å². The number of aromatic nitrogens is 3. The van der Waals surface area contributed by atoms with Crippen LogP contribution in [0.5, 0.6) is 0 Å². The monoisotopic (exact) mass is 261 g/mol. The molecule has 18 heavy (non-hydrogen) atoms. The fourth-order valence-electron chi connectivity index (χ4n) is 1.63. The van der Waals surface area contributed by atoms with Crippen LogP contribution in [-0.2, 0) is 13.5 Å². The average molecular weight is 261 g/mol. The van der Waals surface area contributed by atoms with Crippen LogP contribution in [0.4, 0.5) is 5.69 Å². The van der Waals surface area contributed by atoms with Gasteiger partial charge in [0.25, 0.3) is 0 Å². The van der Waals surface area contributed by atoms with E-state index in [-0.39, 0.29) is 0 Å². The second-order valence-corrected chi connectivity index (χ2v) is 4.36. The Morgan fingerprint density at radius 1 is 1.44 bits per heavy atom. The van der Waals surface area contributed by atoms with E-state index in [0.29, 0.717) is 10.7 Å². The molecule has 2 aromatic heterocycles. The summed E-state index contributed by atoms with van der Waals surface area (Å²) in [5.41, 5.74) is 7.13. The fraction of sp³-hybridized carbons (Fsp3) is 0.250. The molecule has 3 N–H and O–H groups in total. The SMILES string of the molecule is Cn1ccnc1CCNc1ccnc(C(N)=S)c1. The third-order valence-corrected chi connectivity index (χ3v) is 2.82. The minimum absolute atomic E-state index is 0.308. The third-order valence-electron chi connectivity index (χ3n) is 2.61. The molecule has 0 radical (unpaired) electrons. The number of nitrogens with two attached hydrogens (primary N) is 1. The molecule has 0 aliphatic carbocycles. The quantitative estimate of drug-likeness (QED) is 0.789. The first kappa shape index (κ1) is 12.5. The lowest BCUT2D eigenvalue weighted by atomic mass is 10.3. The molecule has 2 rings (SSSR count). The minimum atomic E-state index is 0.308. The Morgan fingerprint density at radius 3 is 2.94 bits per heavy atom. The van der Waals surface area contributed by atoms with Crippen molar-refractivity contribution < 1.29 is 0 Å². The van der Waals surface area contributed by atoms with Crippen molar-refractivity contribution in [2.24, 2.45) is 12.8 Å². The first-order chi connectivity index (χ1) is 8.66. The fourth-order valence-corrected chi connectivity index (χ4v) is 1.74. The number of imidazole rings is 1. The maximum atomic E-state index is 5.54. The molecule has 0 amide bonds. The minimum Gasteiger partial charge on any atom is -0.388 e. The van der Waals surface area contributed by atoms with Crippen LogP contribution in [0.2, 0.25) is 0 Å². The van der Waals surface area contributed by atoms with Gasteiger partial charge in [0.05, 0.1) is 5.69 Å². The highest BCUT2D eigenvalue weighted by molar-refractivity contribution is 7.80. The molecule has 2 heterocycles. The van der Waals surface area contributed by atoms with Gasteiger partial charge in [-0.2, -0.15) is 0 Å². The summed E-state index contributed by atoms with van der Waals surface area (Å²) in [7, 11) is 1.99. The normalized spacial score (nSPS) is 10.3. The van der Waals surface area contributed by atoms with Gasteiger partial charge < -0.3 is 15.6 Å². The summed E-state index contributed by atoms with van der Waals surface area (Å²) in [6.07, 6.45) is 6.28. The topological polar surface area (TPSA) is 68.8 Å². The summed E-state index contributed by atoms with van der Waals surface area (Å²) in [6.45, 7) is 0.797. The Kier molecular flexibility index (Phi) is 3.88. The molecule has 0 saturated heterocycles. The molecule has 0 fully saturated rings. The van der Waals surface area contributed by atoms with Gasteiger partial charge in [0.15, 0.2) is 0 Å². The number of pyridine rings is 1. The van der Waals surface area contributed by atoms with Gasteiger partial charge in [-0.1, -0.05) is 12.2 Å². The van der Waals surface area contributed by atoms with Gasteiger partial charge in [-0.3, -0.25) is 4.98 Å². The van der Waals surface area contributed by atoms with Gasteiger partial charge in [-0.25, -0.2) is 4.98 Å². The predicted octanol–water partition coefficient (Wildman–Crippen LogP) is 1.10. The van der Waals surface area contributed by atoms with Gasteiger partial charge in [-0.05, 0) is 12.1 Å². The van der Waals surface area contributed by atoms with E-state index in [1.165, 1.54) is 0 Å². The van der Waals surface area contributed by atoms with Crippen molar-refractivity contribution >= 4 is 22.9 Å². The van der Waals surface area contributed by atoms with Crippen molar-refractivity contribution in [2.45, 2.75) is 6.42 Å². The van der Waals surface area contributed by atoms with Crippen molar-refractivity contribution in [3.05, 3.63) is 42.2 Å². The molecule has 5 nitrogen and oxygen atoms in total. The van der Waals surface area contributed by atoms with E-state index < -0.39 is 0 Å². The standard InChI is InChI=1S/C12H15N5S/c1-17-7-6-16-11(17)3-5-14-9-2-4-15-10(8-9)12(13)18/h2,4,6-8H,3,5H2,1H3,(H2,13,18)(H,14,15). The lowest BCUT2D eigenvalue weighted by molar-refractivity contribution is 0.789. The molecule has 2 aromatic rings.